The van der Waals surface area contributed by atoms with Gasteiger partial charge in [0.05, 0.1) is 0 Å². The first kappa shape index (κ1) is 21.0. The van der Waals surface area contributed by atoms with Gasteiger partial charge in [-0.05, 0) is 33.0 Å². The second-order valence-electron chi connectivity index (χ2n) is 7.22. The first-order valence-corrected chi connectivity index (χ1v) is 9.85. The van der Waals surface area contributed by atoms with Crippen molar-refractivity contribution in [3.8, 4) is 0 Å². The summed E-state index contributed by atoms with van der Waals surface area (Å²) in [6, 6.07) is 0. The molecule has 0 fully saturated rings. The molecule has 0 rings (SSSR count). The second-order valence-corrected chi connectivity index (χ2v) is 7.22. The van der Waals surface area contributed by atoms with Crippen molar-refractivity contribution < 1.29 is 0 Å². The van der Waals surface area contributed by atoms with Crippen LogP contribution in [0, 0.1) is 5.92 Å². The first-order chi connectivity index (χ1) is 10.2. The molecule has 0 unspecified atom stereocenters. The minimum absolute atomic E-state index is 1.02. The molecule has 0 saturated carbocycles. The molecular formula is C20H43N. The highest BCUT2D eigenvalue weighted by molar-refractivity contribution is 4.62. The van der Waals surface area contributed by atoms with E-state index in [1.165, 1.54) is 96.4 Å². The molecule has 128 valence electrons. The summed E-state index contributed by atoms with van der Waals surface area (Å²) in [5.41, 5.74) is 0. The average Bonchev–Trinajstić information content (AvgIpc) is 2.46. The lowest BCUT2D eigenvalue weighted by atomic mass is 9.90. The molecular weight excluding hydrogens is 254 g/mol. The van der Waals surface area contributed by atoms with Crippen LogP contribution in [0.1, 0.15) is 104 Å². The topological polar surface area (TPSA) is 3.24 Å². The van der Waals surface area contributed by atoms with Gasteiger partial charge in [-0.15, -0.1) is 0 Å². The van der Waals surface area contributed by atoms with Gasteiger partial charge in [0.25, 0.3) is 0 Å². The number of nitrogens with zero attached hydrogens (tertiary/aromatic N) is 1. The molecule has 0 amide bonds. The van der Waals surface area contributed by atoms with Crippen LogP contribution in [0.25, 0.3) is 0 Å². The lowest BCUT2D eigenvalue weighted by molar-refractivity contribution is 0.345. The summed E-state index contributed by atoms with van der Waals surface area (Å²) >= 11 is 0. The van der Waals surface area contributed by atoms with Gasteiger partial charge in [0, 0.05) is 0 Å². The van der Waals surface area contributed by atoms with E-state index in [0.29, 0.717) is 0 Å². The van der Waals surface area contributed by atoms with Crippen molar-refractivity contribution in [3.05, 3.63) is 0 Å². The van der Waals surface area contributed by atoms with E-state index in [1.807, 2.05) is 0 Å². The molecule has 0 aromatic heterocycles. The number of rotatable bonds is 16. The fraction of sp³-hybridized carbons (Fsp3) is 1.00. The normalized spacial score (nSPS) is 13.0. The van der Waals surface area contributed by atoms with E-state index in [9.17, 15) is 0 Å². The Balaban J connectivity index is 3.74. The van der Waals surface area contributed by atoms with Crippen molar-refractivity contribution in [1.82, 2.24) is 4.90 Å². The van der Waals surface area contributed by atoms with Crippen molar-refractivity contribution in [3.63, 3.8) is 0 Å². The quantitative estimate of drug-likeness (QED) is 0.288. The van der Waals surface area contributed by atoms with Crippen LogP contribution in [0.3, 0.4) is 0 Å². The molecule has 1 atom stereocenters. The summed E-state index contributed by atoms with van der Waals surface area (Å²) in [4.78, 5) is 2.32. The molecule has 0 spiro atoms. The van der Waals surface area contributed by atoms with Crippen LogP contribution < -0.4 is 0 Å². The summed E-state index contributed by atoms with van der Waals surface area (Å²) in [5, 5.41) is 0. The Hall–Kier alpha value is -0.0400. The van der Waals surface area contributed by atoms with Gasteiger partial charge in [-0.1, -0.05) is 97.3 Å². The van der Waals surface area contributed by atoms with Crippen LogP contribution in [0.15, 0.2) is 0 Å². The van der Waals surface area contributed by atoms with Crippen LogP contribution in [0.4, 0.5) is 0 Å². The van der Waals surface area contributed by atoms with Crippen LogP contribution in [-0.4, -0.2) is 25.5 Å². The van der Waals surface area contributed by atoms with Gasteiger partial charge in [-0.25, -0.2) is 0 Å². The summed E-state index contributed by atoms with van der Waals surface area (Å²) in [5.74, 6) is 1.02. The monoisotopic (exact) mass is 297 g/mol. The first-order valence-electron chi connectivity index (χ1n) is 9.85. The Bertz CT molecular complexity index is 188. The van der Waals surface area contributed by atoms with Gasteiger partial charge in [-0.2, -0.15) is 0 Å². The van der Waals surface area contributed by atoms with Gasteiger partial charge < -0.3 is 4.90 Å². The molecule has 0 aromatic carbocycles. The standard InChI is InChI=1S/C20H43N/c1-5-7-9-11-13-17-20(16-12-10-8-6-2)18-14-15-19-21(3)4/h20H,5-19H2,1-4H3/t20-/m0/s1. The number of unbranched alkanes of at least 4 members (excludes halogenated alkanes) is 8. The van der Waals surface area contributed by atoms with Crippen LogP contribution in [0.2, 0.25) is 0 Å². The lowest BCUT2D eigenvalue weighted by Crippen LogP contribution is -2.13. The van der Waals surface area contributed by atoms with Crippen molar-refractivity contribution >= 4 is 0 Å². The maximum atomic E-state index is 2.32. The highest BCUT2D eigenvalue weighted by atomic mass is 15.0. The Morgan fingerprint density at radius 1 is 0.571 bits per heavy atom. The lowest BCUT2D eigenvalue weighted by Gasteiger charge is -2.17. The predicted molar refractivity (Wildman–Crippen MR) is 98.0 cm³/mol. The highest BCUT2D eigenvalue weighted by Gasteiger charge is 2.08. The second kappa shape index (κ2) is 16.3. The van der Waals surface area contributed by atoms with Gasteiger partial charge in [0.2, 0.25) is 0 Å². The van der Waals surface area contributed by atoms with Crippen LogP contribution in [-0.2, 0) is 0 Å². The minimum atomic E-state index is 1.02. The van der Waals surface area contributed by atoms with E-state index in [2.05, 4.69) is 32.8 Å². The zero-order chi connectivity index (χ0) is 15.8. The maximum Gasteiger partial charge on any atom is -0.00248 e. The molecule has 1 nitrogen and oxygen atoms in total. The molecule has 0 aliphatic rings. The zero-order valence-corrected chi connectivity index (χ0v) is 15.6. The highest BCUT2D eigenvalue weighted by Crippen LogP contribution is 2.23. The van der Waals surface area contributed by atoms with Crippen LogP contribution in [0.5, 0.6) is 0 Å². The van der Waals surface area contributed by atoms with Crippen LogP contribution >= 0.6 is 0 Å². The molecule has 0 saturated heterocycles. The van der Waals surface area contributed by atoms with Crippen molar-refractivity contribution in [2.45, 2.75) is 104 Å². The molecule has 0 N–H and O–H groups in total. The molecule has 1 heteroatoms. The van der Waals surface area contributed by atoms with Crippen molar-refractivity contribution in [2.75, 3.05) is 20.6 Å². The third kappa shape index (κ3) is 16.2. The smallest absolute Gasteiger partial charge is 0.00248 e. The van der Waals surface area contributed by atoms with E-state index in [1.54, 1.807) is 0 Å². The van der Waals surface area contributed by atoms with Gasteiger partial charge in [-0.3, -0.25) is 0 Å². The third-order valence-corrected chi connectivity index (χ3v) is 4.65. The van der Waals surface area contributed by atoms with E-state index in [-0.39, 0.29) is 0 Å². The Kier molecular flexibility index (Phi) is 16.3. The van der Waals surface area contributed by atoms with E-state index < -0.39 is 0 Å². The Labute approximate surface area is 135 Å². The van der Waals surface area contributed by atoms with Gasteiger partial charge in [0.15, 0.2) is 0 Å². The summed E-state index contributed by atoms with van der Waals surface area (Å²) in [7, 11) is 4.38. The van der Waals surface area contributed by atoms with E-state index in [4.69, 9.17) is 0 Å². The predicted octanol–water partition coefficient (Wildman–Crippen LogP) is 6.67. The van der Waals surface area contributed by atoms with Gasteiger partial charge in [0.1, 0.15) is 0 Å². The summed E-state index contributed by atoms with van der Waals surface area (Å²) in [6.45, 7) is 5.88. The molecule has 21 heavy (non-hydrogen) atoms. The fourth-order valence-electron chi connectivity index (χ4n) is 3.19. The third-order valence-electron chi connectivity index (χ3n) is 4.65. The van der Waals surface area contributed by atoms with E-state index >= 15 is 0 Å². The molecule has 0 aliphatic carbocycles. The Morgan fingerprint density at radius 3 is 1.48 bits per heavy atom. The maximum absolute atomic E-state index is 2.32. The Morgan fingerprint density at radius 2 is 1.00 bits per heavy atom. The molecule has 0 radical (unpaired) electrons. The summed E-state index contributed by atoms with van der Waals surface area (Å²) < 4.78 is 0. The SMILES string of the molecule is CCCCCCC[C@H](CCCCCC)CCCCN(C)C. The largest absolute Gasteiger partial charge is 0.309 e. The average molecular weight is 298 g/mol. The van der Waals surface area contributed by atoms with Crippen molar-refractivity contribution in [2.24, 2.45) is 5.92 Å². The van der Waals surface area contributed by atoms with Gasteiger partial charge >= 0.3 is 0 Å². The fourth-order valence-corrected chi connectivity index (χ4v) is 3.19. The zero-order valence-electron chi connectivity index (χ0n) is 15.6. The molecule has 0 aromatic rings. The minimum Gasteiger partial charge on any atom is -0.309 e. The number of hydrogen-bond acceptors (Lipinski definition) is 1. The molecule has 0 aliphatic heterocycles. The summed E-state index contributed by atoms with van der Waals surface area (Å²) in [6.07, 6.45) is 20.2. The number of hydrogen-bond donors (Lipinski definition) is 0. The van der Waals surface area contributed by atoms with Crippen molar-refractivity contribution in [1.29, 1.82) is 0 Å². The molecule has 0 heterocycles. The van der Waals surface area contributed by atoms with E-state index in [0.717, 1.165) is 5.92 Å². The molecule has 0 bridgehead atoms.